The highest BCUT2D eigenvalue weighted by Gasteiger charge is 2.23. The fourth-order valence-corrected chi connectivity index (χ4v) is 4.29. The molecule has 2 aliphatic heterocycles. The molecular formula is C17H22N2O3S. The molecule has 1 saturated heterocycles. The summed E-state index contributed by atoms with van der Waals surface area (Å²) in [6, 6.07) is 7.14. The molecule has 124 valence electrons. The lowest BCUT2D eigenvalue weighted by Crippen LogP contribution is -2.35. The number of piperidine rings is 1. The summed E-state index contributed by atoms with van der Waals surface area (Å²) in [7, 11) is -3.15. The molecule has 3 rings (SSSR count). The molecule has 1 N–H and O–H groups in total. The Bertz CT molecular complexity index is 689. The second-order valence-electron chi connectivity index (χ2n) is 6.27. The van der Waals surface area contributed by atoms with Gasteiger partial charge in [-0.05, 0) is 49.7 Å². The van der Waals surface area contributed by atoms with Crippen molar-refractivity contribution >= 4 is 15.7 Å². The van der Waals surface area contributed by atoms with Crippen molar-refractivity contribution < 1.29 is 13.2 Å². The van der Waals surface area contributed by atoms with Gasteiger partial charge in [0, 0.05) is 17.5 Å². The van der Waals surface area contributed by atoms with Gasteiger partial charge in [-0.1, -0.05) is 18.6 Å². The van der Waals surface area contributed by atoms with Crippen LogP contribution >= 0.6 is 0 Å². The van der Waals surface area contributed by atoms with Crippen LogP contribution in [0.1, 0.15) is 35.2 Å². The molecular weight excluding hydrogens is 312 g/mol. The highest BCUT2D eigenvalue weighted by Crippen LogP contribution is 2.14. The molecule has 0 bridgehead atoms. The van der Waals surface area contributed by atoms with Gasteiger partial charge in [0.15, 0.2) is 9.84 Å². The van der Waals surface area contributed by atoms with Crippen LogP contribution < -0.4 is 5.32 Å². The molecule has 1 atom stereocenters. The molecule has 1 amide bonds. The van der Waals surface area contributed by atoms with E-state index in [4.69, 9.17) is 0 Å². The lowest BCUT2D eigenvalue weighted by atomic mass is 10.1. The van der Waals surface area contributed by atoms with Gasteiger partial charge in [-0.15, -0.1) is 0 Å². The van der Waals surface area contributed by atoms with E-state index in [0.29, 0.717) is 5.56 Å². The average molecular weight is 334 g/mol. The lowest BCUT2D eigenvalue weighted by Gasteiger charge is -2.26. The standard InChI is InChI=1S/C17H22N2O3S/c20-17(18-16-8-11-23(21,22)13-16)15-6-4-14(5-7-15)12-19-9-2-1-3-10-19/h4-8,11,16H,1-3,9-10,12-13H2,(H,18,20)/t16-/m0/s1. The van der Waals surface area contributed by atoms with Crippen LogP contribution in [-0.4, -0.2) is 44.1 Å². The van der Waals surface area contributed by atoms with Gasteiger partial charge in [0.05, 0.1) is 11.8 Å². The Hall–Kier alpha value is -1.66. The zero-order valence-corrected chi connectivity index (χ0v) is 13.9. The van der Waals surface area contributed by atoms with Crippen LogP contribution in [0.5, 0.6) is 0 Å². The van der Waals surface area contributed by atoms with Gasteiger partial charge >= 0.3 is 0 Å². The van der Waals surface area contributed by atoms with Crippen molar-refractivity contribution in [2.45, 2.75) is 31.8 Å². The predicted octanol–water partition coefficient (Wildman–Crippen LogP) is 1.71. The van der Waals surface area contributed by atoms with Crippen LogP contribution in [0.25, 0.3) is 0 Å². The van der Waals surface area contributed by atoms with Crippen molar-refractivity contribution in [1.82, 2.24) is 10.2 Å². The van der Waals surface area contributed by atoms with Crippen LogP contribution in [0.15, 0.2) is 35.7 Å². The zero-order chi connectivity index (χ0) is 16.3. The Morgan fingerprint density at radius 1 is 1.13 bits per heavy atom. The zero-order valence-electron chi connectivity index (χ0n) is 13.1. The molecule has 5 nitrogen and oxygen atoms in total. The van der Waals surface area contributed by atoms with E-state index >= 15 is 0 Å². The number of nitrogens with one attached hydrogen (secondary N) is 1. The molecule has 23 heavy (non-hydrogen) atoms. The second-order valence-corrected chi connectivity index (χ2v) is 8.20. The number of carbonyl (C=O) groups is 1. The molecule has 1 aromatic rings. The van der Waals surface area contributed by atoms with Crippen LogP contribution in [0, 0.1) is 0 Å². The third-order valence-corrected chi connectivity index (χ3v) is 5.71. The first-order valence-electron chi connectivity index (χ1n) is 8.05. The van der Waals surface area contributed by atoms with Gasteiger partial charge in [-0.3, -0.25) is 9.69 Å². The highest BCUT2D eigenvalue weighted by molar-refractivity contribution is 7.94. The van der Waals surface area contributed by atoms with Crippen molar-refractivity contribution in [1.29, 1.82) is 0 Å². The third-order valence-electron chi connectivity index (χ3n) is 4.32. The van der Waals surface area contributed by atoms with Crippen molar-refractivity contribution in [2.75, 3.05) is 18.8 Å². The normalized spacial score (nSPS) is 23.7. The molecule has 0 aromatic heterocycles. The smallest absolute Gasteiger partial charge is 0.251 e. The first kappa shape index (κ1) is 16.2. The number of hydrogen-bond donors (Lipinski definition) is 1. The van der Waals surface area contributed by atoms with E-state index in [2.05, 4.69) is 10.2 Å². The van der Waals surface area contributed by atoms with Crippen LogP contribution in [0.2, 0.25) is 0 Å². The van der Waals surface area contributed by atoms with Gasteiger partial charge in [0.1, 0.15) is 0 Å². The largest absolute Gasteiger partial charge is 0.345 e. The number of nitrogens with zero attached hydrogens (tertiary/aromatic N) is 1. The van der Waals surface area contributed by atoms with Gasteiger partial charge in [-0.2, -0.15) is 0 Å². The third kappa shape index (κ3) is 4.42. The van der Waals surface area contributed by atoms with Gasteiger partial charge in [-0.25, -0.2) is 8.42 Å². The summed E-state index contributed by atoms with van der Waals surface area (Å²) in [5, 5.41) is 3.90. The number of hydrogen-bond acceptors (Lipinski definition) is 4. The maximum Gasteiger partial charge on any atom is 0.251 e. The van der Waals surface area contributed by atoms with Crippen molar-refractivity contribution in [3.05, 3.63) is 46.9 Å². The molecule has 0 unspecified atom stereocenters. The van der Waals surface area contributed by atoms with E-state index in [0.717, 1.165) is 19.6 Å². The number of carbonyl (C=O) groups excluding carboxylic acids is 1. The fraction of sp³-hybridized carbons (Fsp3) is 0.471. The molecule has 1 fully saturated rings. The summed E-state index contributed by atoms with van der Waals surface area (Å²) in [6.45, 7) is 3.21. The lowest BCUT2D eigenvalue weighted by molar-refractivity contribution is 0.0947. The van der Waals surface area contributed by atoms with Crippen molar-refractivity contribution in [3.63, 3.8) is 0 Å². The Balaban J connectivity index is 1.56. The SMILES string of the molecule is O=C(N[C@H]1C=CS(=O)(=O)C1)c1ccc(CN2CCCCC2)cc1. The highest BCUT2D eigenvalue weighted by atomic mass is 32.2. The molecule has 6 heteroatoms. The molecule has 0 radical (unpaired) electrons. The predicted molar refractivity (Wildman–Crippen MR) is 89.8 cm³/mol. The molecule has 2 heterocycles. The summed E-state index contributed by atoms with van der Waals surface area (Å²) in [5.41, 5.74) is 1.76. The number of likely N-dealkylation sites (tertiary alicyclic amines) is 1. The van der Waals surface area contributed by atoms with E-state index in [1.54, 1.807) is 0 Å². The Morgan fingerprint density at radius 3 is 2.43 bits per heavy atom. The first-order chi connectivity index (χ1) is 11.0. The number of amides is 1. The molecule has 0 spiro atoms. The molecule has 0 aliphatic carbocycles. The summed E-state index contributed by atoms with van der Waals surface area (Å²) in [6.07, 6.45) is 5.37. The van der Waals surface area contributed by atoms with Crippen molar-refractivity contribution in [3.8, 4) is 0 Å². The average Bonchev–Trinajstić information content (AvgIpc) is 2.88. The topological polar surface area (TPSA) is 66.5 Å². The Labute approximate surface area is 137 Å². The maximum atomic E-state index is 12.2. The molecule has 2 aliphatic rings. The minimum Gasteiger partial charge on any atom is -0.345 e. The molecule has 1 aromatic carbocycles. The van der Waals surface area contributed by atoms with E-state index < -0.39 is 15.9 Å². The first-order valence-corrected chi connectivity index (χ1v) is 9.76. The van der Waals surface area contributed by atoms with Crippen molar-refractivity contribution in [2.24, 2.45) is 0 Å². The Morgan fingerprint density at radius 2 is 1.83 bits per heavy atom. The van der Waals surface area contributed by atoms with Gasteiger partial charge in [0.25, 0.3) is 5.91 Å². The van der Waals surface area contributed by atoms with Crippen LogP contribution in [0.4, 0.5) is 0 Å². The van der Waals surface area contributed by atoms with E-state index in [-0.39, 0.29) is 11.7 Å². The minimum absolute atomic E-state index is 0.0498. The van der Waals surface area contributed by atoms with Crippen LogP contribution in [0.3, 0.4) is 0 Å². The van der Waals surface area contributed by atoms with E-state index in [9.17, 15) is 13.2 Å². The van der Waals surface area contributed by atoms with E-state index in [1.807, 2.05) is 24.3 Å². The minimum atomic E-state index is -3.15. The summed E-state index contributed by atoms with van der Waals surface area (Å²) >= 11 is 0. The number of rotatable bonds is 4. The Kier molecular flexibility index (Phi) is 4.82. The quantitative estimate of drug-likeness (QED) is 0.910. The number of sulfone groups is 1. The van der Waals surface area contributed by atoms with Gasteiger partial charge < -0.3 is 5.32 Å². The molecule has 0 saturated carbocycles. The summed E-state index contributed by atoms with van der Waals surface area (Å²) in [5.74, 6) is -0.285. The van der Waals surface area contributed by atoms with Crippen LogP contribution in [-0.2, 0) is 16.4 Å². The summed E-state index contributed by atoms with van der Waals surface area (Å²) in [4.78, 5) is 14.6. The number of benzene rings is 1. The van der Waals surface area contributed by atoms with E-state index in [1.165, 1.54) is 36.3 Å². The second kappa shape index (κ2) is 6.84. The van der Waals surface area contributed by atoms with Gasteiger partial charge in [0.2, 0.25) is 0 Å². The summed E-state index contributed by atoms with van der Waals surface area (Å²) < 4.78 is 22.7. The monoisotopic (exact) mass is 334 g/mol. The fourth-order valence-electron chi connectivity index (χ4n) is 3.05. The maximum absolute atomic E-state index is 12.2.